The maximum absolute atomic E-state index is 13.4. The maximum Gasteiger partial charge on any atom is 0.339 e. The summed E-state index contributed by atoms with van der Waals surface area (Å²) in [5.41, 5.74) is 4.67. The van der Waals surface area contributed by atoms with Crippen molar-refractivity contribution in [2.45, 2.75) is 32.3 Å². The quantitative estimate of drug-likeness (QED) is 0.122. The van der Waals surface area contributed by atoms with Gasteiger partial charge in [-0.15, -0.1) is 0 Å². The predicted octanol–water partition coefficient (Wildman–Crippen LogP) is 8.56. The molecule has 0 bridgehead atoms. The molecule has 0 saturated heterocycles. The molecule has 0 fully saturated rings. The highest BCUT2D eigenvalue weighted by atomic mass is 16.5. The number of ether oxygens (including phenoxy) is 3. The number of esters is 1. The van der Waals surface area contributed by atoms with Gasteiger partial charge < -0.3 is 19.0 Å². The first-order valence-electron chi connectivity index (χ1n) is 15.1. The fraction of sp³-hybridized carbons (Fsp3) is 0.179. The Morgan fingerprint density at radius 1 is 0.795 bits per heavy atom. The molecule has 0 N–H and O–H groups in total. The van der Waals surface area contributed by atoms with Crippen molar-refractivity contribution in [3.63, 3.8) is 0 Å². The van der Waals surface area contributed by atoms with E-state index in [1.165, 1.54) is 0 Å². The summed E-state index contributed by atoms with van der Waals surface area (Å²) >= 11 is 0. The first-order chi connectivity index (χ1) is 21.6. The lowest BCUT2D eigenvalue weighted by atomic mass is 9.81. The lowest BCUT2D eigenvalue weighted by Crippen LogP contribution is -2.35. The summed E-state index contributed by atoms with van der Waals surface area (Å²) in [6.07, 6.45) is 5.77. The highest BCUT2D eigenvalue weighted by Gasteiger charge is 2.39. The molecule has 6 rings (SSSR count). The van der Waals surface area contributed by atoms with Crippen LogP contribution in [0.5, 0.6) is 11.5 Å². The van der Waals surface area contributed by atoms with E-state index in [2.05, 4.69) is 43.3 Å². The van der Waals surface area contributed by atoms with Crippen molar-refractivity contribution in [3.8, 4) is 22.6 Å². The number of carbonyl (C=O) groups is 2. The van der Waals surface area contributed by atoms with Crippen LogP contribution < -0.4 is 9.47 Å². The minimum atomic E-state index is -1.01. The number of hydrogen-bond donors (Lipinski definition) is 0. The highest BCUT2D eigenvalue weighted by molar-refractivity contribution is 6.07. The summed E-state index contributed by atoms with van der Waals surface area (Å²) in [6.45, 7) is 4.71. The number of rotatable bonds is 10. The minimum absolute atomic E-state index is 0.0844. The molecule has 0 spiro atoms. The lowest BCUT2D eigenvalue weighted by molar-refractivity contribution is -0.107. The van der Waals surface area contributed by atoms with Crippen LogP contribution in [-0.2, 0) is 21.6 Å². The molecule has 1 aliphatic heterocycles. The third-order valence-corrected chi connectivity index (χ3v) is 8.00. The molecule has 0 saturated carbocycles. The van der Waals surface area contributed by atoms with Gasteiger partial charge in [-0.05, 0) is 59.7 Å². The van der Waals surface area contributed by atoms with Gasteiger partial charge in [-0.25, -0.2) is 4.79 Å². The summed E-state index contributed by atoms with van der Waals surface area (Å²) < 4.78 is 18.5. The van der Waals surface area contributed by atoms with Crippen LogP contribution in [-0.4, -0.2) is 25.5 Å². The molecule has 5 aromatic rings. The first kappa shape index (κ1) is 28.9. The van der Waals surface area contributed by atoms with Crippen molar-refractivity contribution < 1.29 is 23.8 Å². The summed E-state index contributed by atoms with van der Waals surface area (Å²) in [5.74, 6) is 0.884. The highest BCUT2D eigenvalue weighted by Crippen LogP contribution is 2.48. The molecular weight excluding hydrogens is 548 g/mol. The second-order valence-corrected chi connectivity index (χ2v) is 10.7. The molecule has 0 aromatic heterocycles. The van der Waals surface area contributed by atoms with E-state index in [1.807, 2.05) is 78.9 Å². The second kappa shape index (κ2) is 12.6. The Bertz CT molecular complexity index is 1820. The SMILES string of the molecule is CCCOc1ccc(C2(c3ccc(-c4ccccc4)cc3)C=Cc3c(C(=O)OCC)c(CC=O)c4ccccc4c3O2)cc1. The Labute approximate surface area is 257 Å². The Hall–Kier alpha value is -5.16. The summed E-state index contributed by atoms with van der Waals surface area (Å²) in [5, 5.41) is 1.61. The van der Waals surface area contributed by atoms with Gasteiger partial charge in [0.25, 0.3) is 0 Å². The van der Waals surface area contributed by atoms with E-state index < -0.39 is 11.6 Å². The normalized spacial score (nSPS) is 15.3. The monoisotopic (exact) mass is 582 g/mol. The van der Waals surface area contributed by atoms with Crippen molar-refractivity contribution in [1.29, 1.82) is 0 Å². The molecule has 0 amide bonds. The number of carbonyl (C=O) groups excluding carboxylic acids is 2. The van der Waals surface area contributed by atoms with Crippen LogP contribution in [0.2, 0.25) is 0 Å². The number of benzene rings is 5. The van der Waals surface area contributed by atoms with Crippen LogP contribution in [0.4, 0.5) is 0 Å². The van der Waals surface area contributed by atoms with Crippen LogP contribution >= 0.6 is 0 Å². The zero-order valence-corrected chi connectivity index (χ0v) is 24.9. The Kier molecular flexibility index (Phi) is 8.29. The molecule has 0 radical (unpaired) electrons. The molecule has 1 heterocycles. The van der Waals surface area contributed by atoms with E-state index in [0.717, 1.165) is 51.5 Å². The van der Waals surface area contributed by atoms with Crippen LogP contribution in [0, 0.1) is 0 Å². The van der Waals surface area contributed by atoms with Gasteiger partial charge in [-0.1, -0.05) is 97.9 Å². The Morgan fingerprint density at radius 3 is 2.09 bits per heavy atom. The smallest absolute Gasteiger partial charge is 0.339 e. The Morgan fingerprint density at radius 2 is 1.43 bits per heavy atom. The molecule has 1 unspecified atom stereocenters. The number of hydrogen-bond acceptors (Lipinski definition) is 5. The second-order valence-electron chi connectivity index (χ2n) is 10.7. The van der Waals surface area contributed by atoms with Crippen LogP contribution in [0.3, 0.4) is 0 Å². The van der Waals surface area contributed by atoms with Gasteiger partial charge >= 0.3 is 5.97 Å². The topological polar surface area (TPSA) is 61.8 Å². The predicted molar refractivity (Wildman–Crippen MR) is 174 cm³/mol. The summed E-state index contributed by atoms with van der Waals surface area (Å²) in [7, 11) is 0. The van der Waals surface area contributed by atoms with E-state index in [9.17, 15) is 9.59 Å². The molecule has 5 aromatic carbocycles. The van der Waals surface area contributed by atoms with Crippen LogP contribution in [0.1, 0.15) is 52.9 Å². The average molecular weight is 583 g/mol. The van der Waals surface area contributed by atoms with E-state index in [4.69, 9.17) is 14.2 Å². The minimum Gasteiger partial charge on any atom is -0.494 e. The van der Waals surface area contributed by atoms with Crippen molar-refractivity contribution in [3.05, 3.63) is 137 Å². The van der Waals surface area contributed by atoms with Gasteiger partial charge in [0.15, 0.2) is 5.60 Å². The molecule has 5 nitrogen and oxygen atoms in total. The maximum atomic E-state index is 13.4. The standard InChI is InChI=1S/C39H34O5/c1-3-26-43-31-20-18-30(19-21-31)39(29-16-14-28(15-17-29)27-10-6-5-7-11-27)24-22-35-36(38(41)42-4-2)33(23-25-40)32-12-8-9-13-34(32)37(35)44-39/h5-22,24-25H,3-4,23,26H2,1-2H3. The first-order valence-corrected chi connectivity index (χ1v) is 15.1. The molecule has 5 heteroatoms. The van der Waals surface area contributed by atoms with Crippen LogP contribution in [0.15, 0.2) is 109 Å². The third-order valence-electron chi connectivity index (χ3n) is 8.00. The van der Waals surface area contributed by atoms with Gasteiger partial charge in [-0.3, -0.25) is 0 Å². The number of aldehydes is 1. The summed E-state index contributed by atoms with van der Waals surface area (Å²) in [6, 6.07) is 34.4. The largest absolute Gasteiger partial charge is 0.494 e. The molecule has 1 atom stereocenters. The van der Waals surface area contributed by atoms with Crippen LogP contribution in [0.25, 0.3) is 28.0 Å². The zero-order valence-electron chi connectivity index (χ0n) is 24.9. The number of fused-ring (bicyclic) bond motifs is 3. The van der Waals surface area contributed by atoms with E-state index in [1.54, 1.807) is 6.92 Å². The van der Waals surface area contributed by atoms with Crippen molar-refractivity contribution in [2.24, 2.45) is 0 Å². The third kappa shape index (κ3) is 5.26. The van der Waals surface area contributed by atoms with E-state index in [0.29, 0.717) is 29.0 Å². The molecule has 44 heavy (non-hydrogen) atoms. The van der Waals surface area contributed by atoms with Crippen molar-refractivity contribution in [1.82, 2.24) is 0 Å². The lowest BCUT2D eigenvalue weighted by Gasteiger charge is -2.37. The average Bonchev–Trinajstić information content (AvgIpc) is 3.08. The van der Waals surface area contributed by atoms with E-state index >= 15 is 0 Å². The fourth-order valence-corrected chi connectivity index (χ4v) is 5.93. The van der Waals surface area contributed by atoms with Crippen molar-refractivity contribution >= 4 is 29.1 Å². The fourth-order valence-electron chi connectivity index (χ4n) is 5.93. The van der Waals surface area contributed by atoms with Gasteiger partial charge in [0.1, 0.15) is 17.8 Å². The zero-order chi connectivity index (χ0) is 30.5. The van der Waals surface area contributed by atoms with Gasteiger partial charge in [0.05, 0.1) is 18.8 Å². The van der Waals surface area contributed by atoms with Gasteiger partial charge in [0, 0.05) is 28.5 Å². The van der Waals surface area contributed by atoms with Gasteiger partial charge in [-0.2, -0.15) is 0 Å². The molecule has 0 aliphatic carbocycles. The molecule has 1 aliphatic rings. The molecule has 220 valence electrons. The van der Waals surface area contributed by atoms with E-state index in [-0.39, 0.29) is 13.0 Å². The van der Waals surface area contributed by atoms with Crippen molar-refractivity contribution in [2.75, 3.05) is 13.2 Å². The summed E-state index contributed by atoms with van der Waals surface area (Å²) in [4.78, 5) is 25.2. The molecular formula is C39H34O5. The Balaban J connectivity index is 1.56. The van der Waals surface area contributed by atoms with Gasteiger partial charge in [0.2, 0.25) is 0 Å².